The predicted octanol–water partition coefficient (Wildman–Crippen LogP) is 2.34. The molecule has 0 aromatic heterocycles. The number of carbonyl (C=O) groups excluding carboxylic acids is 2. The smallest absolute Gasteiger partial charge is 0.269 e. The normalized spacial score (nSPS) is 12.2. The standard InChI is InChI=1S/C12H12FNO4/c1-7(2)11(15)10(13)12(16)8-3-5-9(6-4-8)14(17)18/h3-7,10H,1-2H3. The van der Waals surface area contributed by atoms with Crippen molar-refractivity contribution in [2.24, 2.45) is 5.92 Å². The molecule has 0 fully saturated rings. The van der Waals surface area contributed by atoms with Gasteiger partial charge in [-0.2, -0.15) is 0 Å². The Hall–Kier alpha value is -2.11. The SMILES string of the molecule is CC(C)C(=O)C(F)C(=O)c1ccc([N+](=O)[O-])cc1. The van der Waals surface area contributed by atoms with Gasteiger partial charge < -0.3 is 0 Å². The van der Waals surface area contributed by atoms with E-state index < -0.39 is 28.6 Å². The Kier molecular flexibility index (Phi) is 4.25. The largest absolute Gasteiger partial charge is 0.296 e. The molecule has 0 aliphatic rings. The van der Waals surface area contributed by atoms with Gasteiger partial charge in [0.2, 0.25) is 12.0 Å². The topological polar surface area (TPSA) is 77.3 Å². The molecule has 0 N–H and O–H groups in total. The van der Waals surface area contributed by atoms with E-state index in [1.165, 1.54) is 13.8 Å². The van der Waals surface area contributed by atoms with Crippen molar-refractivity contribution >= 4 is 17.3 Å². The van der Waals surface area contributed by atoms with Crippen LogP contribution in [0, 0.1) is 16.0 Å². The Morgan fingerprint density at radius 1 is 1.22 bits per heavy atom. The maximum atomic E-state index is 13.6. The number of nitrogens with zero attached hydrogens (tertiary/aromatic N) is 1. The fraction of sp³-hybridized carbons (Fsp3) is 0.333. The van der Waals surface area contributed by atoms with Crippen LogP contribution in [0.15, 0.2) is 24.3 Å². The van der Waals surface area contributed by atoms with Crippen molar-refractivity contribution in [3.63, 3.8) is 0 Å². The minimum Gasteiger partial charge on any atom is -0.296 e. The monoisotopic (exact) mass is 253 g/mol. The first-order chi connectivity index (χ1) is 8.34. The van der Waals surface area contributed by atoms with Gasteiger partial charge in [0, 0.05) is 23.6 Å². The summed E-state index contributed by atoms with van der Waals surface area (Å²) in [6.45, 7) is 3.00. The lowest BCUT2D eigenvalue weighted by Gasteiger charge is -2.08. The van der Waals surface area contributed by atoms with E-state index in [-0.39, 0.29) is 11.3 Å². The second-order valence-corrected chi connectivity index (χ2v) is 4.09. The van der Waals surface area contributed by atoms with Crippen LogP contribution < -0.4 is 0 Å². The van der Waals surface area contributed by atoms with Crippen molar-refractivity contribution < 1.29 is 18.9 Å². The highest BCUT2D eigenvalue weighted by molar-refractivity contribution is 6.13. The first-order valence-corrected chi connectivity index (χ1v) is 5.31. The molecule has 1 unspecified atom stereocenters. The lowest BCUT2D eigenvalue weighted by atomic mass is 9.98. The molecule has 96 valence electrons. The summed E-state index contributed by atoms with van der Waals surface area (Å²) in [5.41, 5.74) is -0.251. The molecule has 0 radical (unpaired) electrons. The predicted molar refractivity (Wildman–Crippen MR) is 62.2 cm³/mol. The zero-order valence-electron chi connectivity index (χ0n) is 9.92. The van der Waals surface area contributed by atoms with E-state index in [0.717, 1.165) is 24.3 Å². The summed E-state index contributed by atoms with van der Waals surface area (Å²) in [6.07, 6.45) is -2.22. The molecule has 0 aliphatic heterocycles. The van der Waals surface area contributed by atoms with E-state index in [1.54, 1.807) is 0 Å². The van der Waals surface area contributed by atoms with Crippen LogP contribution in [0.4, 0.5) is 10.1 Å². The van der Waals surface area contributed by atoms with E-state index in [1.807, 2.05) is 0 Å². The maximum absolute atomic E-state index is 13.6. The maximum Gasteiger partial charge on any atom is 0.269 e. The highest BCUT2D eigenvalue weighted by Crippen LogP contribution is 2.15. The van der Waals surface area contributed by atoms with Crippen LogP contribution in [0.5, 0.6) is 0 Å². The molecular weight excluding hydrogens is 241 g/mol. The Labute approximate surface area is 103 Å². The highest BCUT2D eigenvalue weighted by Gasteiger charge is 2.28. The molecule has 5 nitrogen and oxygen atoms in total. The van der Waals surface area contributed by atoms with Crippen LogP contribution in [0.3, 0.4) is 0 Å². The molecule has 0 saturated carbocycles. The number of non-ortho nitro benzene ring substituents is 1. The van der Waals surface area contributed by atoms with Crippen LogP contribution >= 0.6 is 0 Å². The van der Waals surface area contributed by atoms with Crippen molar-refractivity contribution in [1.29, 1.82) is 0 Å². The lowest BCUT2D eigenvalue weighted by Crippen LogP contribution is -2.29. The van der Waals surface area contributed by atoms with E-state index in [9.17, 15) is 24.1 Å². The summed E-state index contributed by atoms with van der Waals surface area (Å²) in [6, 6.07) is 4.47. The van der Waals surface area contributed by atoms with Gasteiger partial charge in [-0.25, -0.2) is 4.39 Å². The van der Waals surface area contributed by atoms with Gasteiger partial charge in [0.15, 0.2) is 5.78 Å². The number of Topliss-reactive ketones (excluding diaryl/α,β-unsaturated/α-hetero) is 2. The molecular formula is C12H12FNO4. The van der Waals surface area contributed by atoms with Crippen LogP contribution in [-0.4, -0.2) is 22.7 Å². The van der Waals surface area contributed by atoms with E-state index in [2.05, 4.69) is 0 Å². The van der Waals surface area contributed by atoms with Crippen LogP contribution in [0.1, 0.15) is 24.2 Å². The Morgan fingerprint density at radius 3 is 2.11 bits per heavy atom. The number of hydrogen-bond acceptors (Lipinski definition) is 4. The van der Waals surface area contributed by atoms with Crippen molar-refractivity contribution in [1.82, 2.24) is 0 Å². The lowest BCUT2D eigenvalue weighted by molar-refractivity contribution is -0.384. The number of hydrogen-bond donors (Lipinski definition) is 0. The molecule has 1 rings (SSSR count). The van der Waals surface area contributed by atoms with Gasteiger partial charge in [0.25, 0.3) is 5.69 Å². The van der Waals surface area contributed by atoms with Crippen LogP contribution in [0.25, 0.3) is 0 Å². The van der Waals surface area contributed by atoms with Gasteiger partial charge in [0.05, 0.1) is 4.92 Å². The van der Waals surface area contributed by atoms with Gasteiger partial charge in [0.1, 0.15) is 0 Å². The van der Waals surface area contributed by atoms with Crippen molar-refractivity contribution in [2.45, 2.75) is 20.0 Å². The first-order valence-electron chi connectivity index (χ1n) is 5.31. The second-order valence-electron chi connectivity index (χ2n) is 4.09. The van der Waals surface area contributed by atoms with E-state index in [0.29, 0.717) is 0 Å². The van der Waals surface area contributed by atoms with Gasteiger partial charge >= 0.3 is 0 Å². The summed E-state index contributed by atoms with van der Waals surface area (Å²) in [5, 5.41) is 10.4. The Morgan fingerprint density at radius 2 is 1.72 bits per heavy atom. The number of alkyl halides is 1. The highest BCUT2D eigenvalue weighted by atomic mass is 19.1. The van der Waals surface area contributed by atoms with Crippen molar-refractivity contribution in [3.8, 4) is 0 Å². The fourth-order valence-corrected chi connectivity index (χ4v) is 1.32. The minimum absolute atomic E-state index is 0.0536. The number of nitro groups is 1. The zero-order chi connectivity index (χ0) is 13.9. The molecule has 6 heteroatoms. The summed E-state index contributed by atoms with van der Waals surface area (Å²) >= 11 is 0. The number of rotatable bonds is 5. The molecule has 0 heterocycles. The summed E-state index contributed by atoms with van der Waals surface area (Å²) in [7, 11) is 0. The number of carbonyl (C=O) groups is 2. The molecule has 0 saturated heterocycles. The molecule has 1 atom stereocenters. The average Bonchev–Trinajstić information content (AvgIpc) is 2.36. The molecule has 0 bridgehead atoms. The Bertz CT molecular complexity index is 481. The number of ketones is 2. The number of halogens is 1. The van der Waals surface area contributed by atoms with Crippen LogP contribution in [-0.2, 0) is 4.79 Å². The van der Waals surface area contributed by atoms with Crippen molar-refractivity contribution in [3.05, 3.63) is 39.9 Å². The average molecular weight is 253 g/mol. The third-order valence-corrected chi connectivity index (χ3v) is 2.41. The number of benzene rings is 1. The molecule has 18 heavy (non-hydrogen) atoms. The molecule has 1 aromatic rings. The van der Waals surface area contributed by atoms with Crippen molar-refractivity contribution in [2.75, 3.05) is 0 Å². The molecule has 0 aliphatic carbocycles. The quantitative estimate of drug-likeness (QED) is 0.349. The Balaban J connectivity index is 2.91. The summed E-state index contributed by atoms with van der Waals surface area (Å²) in [5.74, 6) is -2.34. The molecule has 0 spiro atoms. The van der Waals surface area contributed by atoms with E-state index in [4.69, 9.17) is 0 Å². The third-order valence-electron chi connectivity index (χ3n) is 2.41. The molecule has 1 aromatic carbocycles. The van der Waals surface area contributed by atoms with Gasteiger partial charge in [-0.05, 0) is 12.1 Å². The van der Waals surface area contributed by atoms with Gasteiger partial charge in [-0.15, -0.1) is 0 Å². The minimum atomic E-state index is -2.22. The number of nitro benzene ring substituents is 1. The summed E-state index contributed by atoms with van der Waals surface area (Å²) in [4.78, 5) is 32.7. The van der Waals surface area contributed by atoms with Gasteiger partial charge in [-0.3, -0.25) is 19.7 Å². The summed E-state index contributed by atoms with van der Waals surface area (Å²) < 4.78 is 13.6. The van der Waals surface area contributed by atoms with Gasteiger partial charge in [-0.1, -0.05) is 13.8 Å². The second kappa shape index (κ2) is 5.48. The molecule has 0 amide bonds. The van der Waals surface area contributed by atoms with E-state index >= 15 is 0 Å². The third kappa shape index (κ3) is 2.97. The first kappa shape index (κ1) is 14.0. The zero-order valence-corrected chi connectivity index (χ0v) is 9.92. The fourth-order valence-electron chi connectivity index (χ4n) is 1.32. The van der Waals surface area contributed by atoms with Crippen LogP contribution in [0.2, 0.25) is 0 Å².